The average Bonchev–Trinajstić information content (AvgIpc) is 3.28. The highest BCUT2D eigenvalue weighted by atomic mass is 35.5. The van der Waals surface area contributed by atoms with E-state index in [0.29, 0.717) is 41.1 Å². The third-order valence-electron chi connectivity index (χ3n) is 5.73. The Kier molecular flexibility index (Phi) is 7.05. The average molecular weight is 469 g/mol. The Hall–Kier alpha value is -3.23. The van der Waals surface area contributed by atoms with Crippen molar-refractivity contribution in [3.8, 4) is 11.4 Å². The number of nitrogens with one attached hydrogen (secondary N) is 1. The molecule has 3 aromatic rings. The molecule has 1 aliphatic rings. The summed E-state index contributed by atoms with van der Waals surface area (Å²) in [6.45, 7) is 3.75. The number of aromatic nitrogens is 2. The van der Waals surface area contributed by atoms with Gasteiger partial charge >= 0.3 is 5.97 Å². The molecule has 1 aromatic heterocycles. The maximum absolute atomic E-state index is 13.0. The van der Waals surface area contributed by atoms with E-state index in [4.69, 9.17) is 20.9 Å². The Morgan fingerprint density at radius 2 is 2.09 bits per heavy atom. The molecule has 1 fully saturated rings. The van der Waals surface area contributed by atoms with Gasteiger partial charge in [-0.05, 0) is 56.1 Å². The van der Waals surface area contributed by atoms with Crippen molar-refractivity contribution in [1.82, 2.24) is 15.0 Å². The molecule has 4 rings (SSSR count). The molecule has 0 aliphatic carbocycles. The number of aryl methyl sites for hydroxylation is 1. The molecule has 0 bridgehead atoms. The van der Waals surface area contributed by atoms with Gasteiger partial charge in [0, 0.05) is 17.8 Å². The number of benzene rings is 2. The largest absolute Gasteiger partial charge is 0.465 e. The van der Waals surface area contributed by atoms with Crippen LogP contribution in [0.3, 0.4) is 0 Å². The highest BCUT2D eigenvalue weighted by Crippen LogP contribution is 2.26. The first-order valence-electron chi connectivity index (χ1n) is 10.7. The van der Waals surface area contributed by atoms with Crippen LogP contribution in [-0.2, 0) is 16.1 Å². The van der Waals surface area contributed by atoms with Crippen molar-refractivity contribution < 1.29 is 18.8 Å². The lowest BCUT2D eigenvalue weighted by atomic mass is 9.96. The summed E-state index contributed by atoms with van der Waals surface area (Å²) in [6.07, 6.45) is 1.66. The number of hydrogen-bond donors (Lipinski definition) is 1. The van der Waals surface area contributed by atoms with Gasteiger partial charge in [-0.3, -0.25) is 9.69 Å². The number of hydrogen-bond acceptors (Lipinski definition) is 7. The molecule has 0 spiro atoms. The first-order chi connectivity index (χ1) is 15.9. The van der Waals surface area contributed by atoms with E-state index in [9.17, 15) is 9.59 Å². The van der Waals surface area contributed by atoms with Crippen molar-refractivity contribution in [2.75, 3.05) is 25.5 Å². The molecule has 0 radical (unpaired) electrons. The monoisotopic (exact) mass is 468 g/mol. The number of piperidine rings is 1. The summed E-state index contributed by atoms with van der Waals surface area (Å²) in [4.78, 5) is 31.4. The van der Waals surface area contributed by atoms with Crippen LogP contribution in [0.15, 0.2) is 47.0 Å². The van der Waals surface area contributed by atoms with Gasteiger partial charge in [-0.2, -0.15) is 4.98 Å². The van der Waals surface area contributed by atoms with E-state index < -0.39 is 5.97 Å². The fourth-order valence-electron chi connectivity index (χ4n) is 3.91. The fourth-order valence-corrected chi connectivity index (χ4v) is 4.13. The van der Waals surface area contributed by atoms with E-state index in [1.54, 1.807) is 24.3 Å². The molecule has 2 heterocycles. The summed E-state index contributed by atoms with van der Waals surface area (Å²) >= 11 is 6.22. The number of methoxy groups -OCH3 is 1. The minimum atomic E-state index is -0.440. The van der Waals surface area contributed by atoms with Crippen molar-refractivity contribution in [3.05, 3.63) is 64.5 Å². The topological polar surface area (TPSA) is 97.6 Å². The van der Waals surface area contributed by atoms with Crippen LogP contribution in [0.25, 0.3) is 11.4 Å². The van der Waals surface area contributed by atoms with Crippen LogP contribution in [0.1, 0.15) is 34.7 Å². The van der Waals surface area contributed by atoms with Crippen molar-refractivity contribution in [3.63, 3.8) is 0 Å². The lowest BCUT2D eigenvalue weighted by molar-refractivity contribution is -0.121. The molecule has 1 amide bonds. The van der Waals surface area contributed by atoms with Gasteiger partial charge in [0.05, 0.1) is 30.2 Å². The standard InChI is InChI=1S/C24H25ClN4O4/c1-15-9-10-16(24(31)32-2)12-20(15)26-23(30)17-6-5-11-29(13-17)14-21-27-22(28-33-21)18-7-3-4-8-19(18)25/h3-4,7-10,12,17H,5-6,11,13-14H2,1-2H3,(H,26,30). The molecular formula is C24H25ClN4O4. The zero-order valence-electron chi connectivity index (χ0n) is 18.5. The third kappa shape index (κ3) is 5.40. The highest BCUT2D eigenvalue weighted by Gasteiger charge is 2.27. The van der Waals surface area contributed by atoms with E-state index in [1.807, 2.05) is 25.1 Å². The molecule has 172 valence electrons. The number of esters is 1. The Labute approximate surface area is 196 Å². The summed E-state index contributed by atoms with van der Waals surface area (Å²) < 4.78 is 10.2. The van der Waals surface area contributed by atoms with E-state index in [0.717, 1.165) is 30.5 Å². The zero-order valence-corrected chi connectivity index (χ0v) is 19.3. The summed E-state index contributed by atoms with van der Waals surface area (Å²) in [7, 11) is 1.33. The minimum Gasteiger partial charge on any atom is -0.465 e. The second-order valence-electron chi connectivity index (χ2n) is 8.08. The number of ether oxygens (including phenoxy) is 1. The molecule has 0 saturated carbocycles. The second-order valence-corrected chi connectivity index (χ2v) is 8.48. The molecule has 1 unspecified atom stereocenters. The molecule has 1 atom stereocenters. The van der Waals surface area contributed by atoms with Gasteiger partial charge in [0.1, 0.15) is 0 Å². The number of nitrogens with zero attached hydrogens (tertiary/aromatic N) is 3. The maximum Gasteiger partial charge on any atom is 0.337 e. The normalized spacial score (nSPS) is 16.4. The fraction of sp³-hybridized carbons (Fsp3) is 0.333. The lowest BCUT2D eigenvalue weighted by Crippen LogP contribution is -2.40. The van der Waals surface area contributed by atoms with Gasteiger partial charge in [0.15, 0.2) is 0 Å². The van der Waals surface area contributed by atoms with Crippen LogP contribution in [0.2, 0.25) is 5.02 Å². The first kappa shape index (κ1) is 22.9. The van der Waals surface area contributed by atoms with Gasteiger partial charge in [-0.1, -0.05) is 35.0 Å². The number of likely N-dealkylation sites (tertiary alicyclic amines) is 1. The molecule has 1 aliphatic heterocycles. The summed E-state index contributed by atoms with van der Waals surface area (Å²) in [5.41, 5.74) is 2.60. The molecule has 2 aromatic carbocycles. The summed E-state index contributed by atoms with van der Waals surface area (Å²) in [6, 6.07) is 12.5. The Morgan fingerprint density at radius 3 is 2.88 bits per heavy atom. The predicted octanol–water partition coefficient (Wildman–Crippen LogP) is 4.34. The van der Waals surface area contributed by atoms with E-state index in [-0.39, 0.29) is 11.8 Å². The Bertz CT molecular complexity index is 1160. The number of amides is 1. The minimum absolute atomic E-state index is 0.0768. The van der Waals surface area contributed by atoms with E-state index in [1.165, 1.54) is 7.11 Å². The number of halogens is 1. The Morgan fingerprint density at radius 1 is 1.27 bits per heavy atom. The molecule has 9 heteroatoms. The zero-order chi connectivity index (χ0) is 23.4. The van der Waals surface area contributed by atoms with Gasteiger partial charge in [-0.15, -0.1) is 0 Å². The van der Waals surface area contributed by atoms with Gasteiger partial charge in [-0.25, -0.2) is 4.79 Å². The second kappa shape index (κ2) is 10.1. The van der Waals surface area contributed by atoms with Crippen molar-refractivity contribution in [1.29, 1.82) is 0 Å². The molecule has 8 nitrogen and oxygen atoms in total. The summed E-state index contributed by atoms with van der Waals surface area (Å²) in [5.74, 6) is 0.221. The number of carbonyl (C=O) groups excluding carboxylic acids is 2. The number of anilines is 1. The van der Waals surface area contributed by atoms with Crippen LogP contribution in [0, 0.1) is 12.8 Å². The van der Waals surface area contributed by atoms with Gasteiger partial charge in [0.2, 0.25) is 17.6 Å². The summed E-state index contributed by atoms with van der Waals surface area (Å²) in [5, 5.41) is 7.58. The van der Waals surface area contributed by atoms with Crippen LogP contribution in [0.4, 0.5) is 5.69 Å². The molecular weight excluding hydrogens is 444 g/mol. The quantitative estimate of drug-likeness (QED) is 0.537. The SMILES string of the molecule is COC(=O)c1ccc(C)c(NC(=O)C2CCCN(Cc3nc(-c4ccccc4Cl)no3)C2)c1. The van der Waals surface area contributed by atoms with Crippen LogP contribution in [-0.4, -0.2) is 47.1 Å². The van der Waals surface area contributed by atoms with Gasteiger partial charge in [0.25, 0.3) is 0 Å². The molecule has 33 heavy (non-hydrogen) atoms. The van der Waals surface area contributed by atoms with Crippen molar-refractivity contribution in [2.24, 2.45) is 5.92 Å². The molecule has 1 N–H and O–H groups in total. The van der Waals surface area contributed by atoms with E-state index >= 15 is 0 Å². The smallest absolute Gasteiger partial charge is 0.337 e. The van der Waals surface area contributed by atoms with Gasteiger partial charge < -0.3 is 14.6 Å². The van der Waals surface area contributed by atoms with Crippen LogP contribution >= 0.6 is 11.6 Å². The van der Waals surface area contributed by atoms with Crippen LogP contribution < -0.4 is 5.32 Å². The van der Waals surface area contributed by atoms with E-state index in [2.05, 4.69) is 20.4 Å². The number of carbonyl (C=O) groups is 2. The predicted molar refractivity (Wildman–Crippen MR) is 124 cm³/mol. The van der Waals surface area contributed by atoms with Crippen LogP contribution in [0.5, 0.6) is 0 Å². The molecule has 1 saturated heterocycles. The first-order valence-corrected chi connectivity index (χ1v) is 11.1. The Balaban J connectivity index is 1.39. The third-order valence-corrected chi connectivity index (χ3v) is 6.06. The van der Waals surface area contributed by atoms with Crippen molar-refractivity contribution in [2.45, 2.75) is 26.3 Å². The highest BCUT2D eigenvalue weighted by molar-refractivity contribution is 6.33. The number of rotatable bonds is 6. The maximum atomic E-state index is 13.0. The van der Waals surface area contributed by atoms with Crippen molar-refractivity contribution >= 4 is 29.2 Å². The lowest BCUT2D eigenvalue weighted by Gasteiger charge is -2.31.